The van der Waals surface area contributed by atoms with Crippen LogP contribution in [0, 0.1) is 0 Å². The van der Waals surface area contributed by atoms with E-state index in [0.29, 0.717) is 32.7 Å². The molecule has 1 atom stereocenters. The Labute approximate surface area is 118 Å². The molecule has 0 aliphatic carbocycles. The Hall–Kier alpha value is -1.59. The molecule has 1 aliphatic rings. The third kappa shape index (κ3) is 5.59. The molecule has 1 aromatic rings. The zero-order valence-electron chi connectivity index (χ0n) is 11.7. The van der Waals surface area contributed by atoms with Crippen LogP contribution in [-0.2, 0) is 25.4 Å². The highest BCUT2D eigenvalue weighted by molar-refractivity contribution is 5.69. The standard InChI is InChI=1S/C15H20O5/c1-17-8-9-18-15(16)7-4-12-2-5-13(6-3-12)19-10-14-11-20-14/h2-3,5-6,14H,4,7-11H2,1H3. The third-order valence-electron chi connectivity index (χ3n) is 2.93. The fourth-order valence-corrected chi connectivity index (χ4v) is 1.66. The van der Waals surface area contributed by atoms with E-state index in [0.717, 1.165) is 17.9 Å². The van der Waals surface area contributed by atoms with E-state index in [1.165, 1.54) is 0 Å². The van der Waals surface area contributed by atoms with Gasteiger partial charge in [-0.3, -0.25) is 4.79 Å². The average Bonchev–Trinajstić information content (AvgIpc) is 3.28. The number of esters is 1. The van der Waals surface area contributed by atoms with Crippen molar-refractivity contribution in [3.63, 3.8) is 0 Å². The molecule has 1 aromatic carbocycles. The number of hydrogen-bond acceptors (Lipinski definition) is 5. The topological polar surface area (TPSA) is 57.3 Å². The van der Waals surface area contributed by atoms with E-state index in [9.17, 15) is 4.79 Å². The quantitative estimate of drug-likeness (QED) is 0.390. The smallest absolute Gasteiger partial charge is 0.306 e. The number of rotatable bonds is 9. The van der Waals surface area contributed by atoms with Gasteiger partial charge in [-0.25, -0.2) is 0 Å². The second-order valence-corrected chi connectivity index (χ2v) is 4.62. The SMILES string of the molecule is COCCOC(=O)CCc1ccc(OCC2CO2)cc1. The highest BCUT2D eigenvalue weighted by Crippen LogP contribution is 2.16. The molecule has 1 saturated heterocycles. The lowest BCUT2D eigenvalue weighted by Crippen LogP contribution is -2.10. The number of benzene rings is 1. The van der Waals surface area contributed by atoms with Crippen LogP contribution < -0.4 is 4.74 Å². The van der Waals surface area contributed by atoms with Gasteiger partial charge in [-0.05, 0) is 24.1 Å². The number of aryl methyl sites for hydroxylation is 1. The van der Waals surface area contributed by atoms with Crippen LogP contribution in [0.3, 0.4) is 0 Å². The lowest BCUT2D eigenvalue weighted by atomic mass is 10.1. The van der Waals surface area contributed by atoms with Crippen molar-refractivity contribution >= 4 is 5.97 Å². The van der Waals surface area contributed by atoms with E-state index in [-0.39, 0.29) is 12.1 Å². The van der Waals surface area contributed by atoms with Crippen LogP contribution in [-0.4, -0.2) is 45.6 Å². The van der Waals surface area contributed by atoms with Gasteiger partial charge in [0, 0.05) is 13.5 Å². The van der Waals surface area contributed by atoms with Crippen molar-refractivity contribution in [1.29, 1.82) is 0 Å². The summed E-state index contributed by atoms with van der Waals surface area (Å²) in [6.45, 7) is 2.14. The first-order valence-electron chi connectivity index (χ1n) is 6.76. The minimum Gasteiger partial charge on any atom is -0.491 e. The summed E-state index contributed by atoms with van der Waals surface area (Å²) < 4.78 is 20.4. The van der Waals surface area contributed by atoms with Crippen molar-refractivity contribution in [2.45, 2.75) is 18.9 Å². The fraction of sp³-hybridized carbons (Fsp3) is 0.533. The Balaban J connectivity index is 1.65. The molecule has 1 fully saturated rings. The van der Waals surface area contributed by atoms with Crippen LogP contribution in [0.25, 0.3) is 0 Å². The molecule has 0 aromatic heterocycles. The molecule has 20 heavy (non-hydrogen) atoms. The molecule has 5 nitrogen and oxygen atoms in total. The minimum absolute atomic E-state index is 0.201. The average molecular weight is 280 g/mol. The van der Waals surface area contributed by atoms with Crippen molar-refractivity contribution in [2.75, 3.05) is 33.5 Å². The van der Waals surface area contributed by atoms with Gasteiger partial charge in [-0.1, -0.05) is 12.1 Å². The normalized spacial score (nSPS) is 16.8. The molecule has 1 aliphatic heterocycles. The van der Waals surface area contributed by atoms with Gasteiger partial charge in [0.25, 0.3) is 0 Å². The summed E-state index contributed by atoms with van der Waals surface area (Å²) in [6, 6.07) is 7.75. The number of carbonyl (C=O) groups is 1. The zero-order chi connectivity index (χ0) is 14.2. The highest BCUT2D eigenvalue weighted by atomic mass is 16.6. The molecule has 0 spiro atoms. The second-order valence-electron chi connectivity index (χ2n) is 4.62. The van der Waals surface area contributed by atoms with Gasteiger partial charge in [-0.15, -0.1) is 0 Å². The van der Waals surface area contributed by atoms with Crippen LogP contribution in [0.4, 0.5) is 0 Å². The summed E-state index contributed by atoms with van der Waals surface area (Å²) in [5, 5.41) is 0. The van der Waals surface area contributed by atoms with E-state index in [1.807, 2.05) is 24.3 Å². The van der Waals surface area contributed by atoms with E-state index in [4.69, 9.17) is 18.9 Å². The monoisotopic (exact) mass is 280 g/mol. The summed E-state index contributed by atoms with van der Waals surface area (Å²) >= 11 is 0. The van der Waals surface area contributed by atoms with Crippen LogP contribution in [0.5, 0.6) is 5.75 Å². The molecule has 0 bridgehead atoms. The lowest BCUT2D eigenvalue weighted by molar-refractivity contribution is -0.144. The predicted molar refractivity (Wildman–Crippen MR) is 72.8 cm³/mol. The number of methoxy groups -OCH3 is 1. The highest BCUT2D eigenvalue weighted by Gasteiger charge is 2.22. The lowest BCUT2D eigenvalue weighted by Gasteiger charge is -2.06. The molecular formula is C15H20O5. The van der Waals surface area contributed by atoms with Crippen molar-refractivity contribution in [2.24, 2.45) is 0 Å². The Kier molecular flexibility index (Phi) is 5.83. The van der Waals surface area contributed by atoms with Gasteiger partial charge >= 0.3 is 5.97 Å². The van der Waals surface area contributed by atoms with Crippen LogP contribution in [0.2, 0.25) is 0 Å². The molecule has 0 N–H and O–H groups in total. The Morgan fingerprint density at radius 1 is 1.30 bits per heavy atom. The first-order chi connectivity index (χ1) is 9.78. The first-order valence-corrected chi connectivity index (χ1v) is 6.76. The van der Waals surface area contributed by atoms with Gasteiger partial charge in [0.15, 0.2) is 0 Å². The molecule has 0 radical (unpaired) electrons. The van der Waals surface area contributed by atoms with Crippen molar-refractivity contribution in [3.8, 4) is 5.75 Å². The second kappa shape index (κ2) is 7.87. The maximum absolute atomic E-state index is 11.4. The molecule has 5 heteroatoms. The van der Waals surface area contributed by atoms with E-state index in [1.54, 1.807) is 7.11 Å². The van der Waals surface area contributed by atoms with E-state index >= 15 is 0 Å². The molecule has 1 heterocycles. The zero-order valence-corrected chi connectivity index (χ0v) is 11.7. The number of carbonyl (C=O) groups excluding carboxylic acids is 1. The van der Waals surface area contributed by atoms with E-state index in [2.05, 4.69) is 0 Å². The maximum Gasteiger partial charge on any atom is 0.306 e. The Morgan fingerprint density at radius 2 is 2.05 bits per heavy atom. The van der Waals surface area contributed by atoms with Gasteiger partial charge in [0.1, 0.15) is 25.1 Å². The minimum atomic E-state index is -0.201. The summed E-state index contributed by atoms with van der Waals surface area (Å²) in [4.78, 5) is 11.4. The van der Waals surface area contributed by atoms with Crippen molar-refractivity contribution in [1.82, 2.24) is 0 Å². The summed E-state index contributed by atoms with van der Waals surface area (Å²) in [5.41, 5.74) is 1.09. The van der Waals surface area contributed by atoms with Crippen LogP contribution in [0.1, 0.15) is 12.0 Å². The van der Waals surface area contributed by atoms with E-state index < -0.39 is 0 Å². The predicted octanol–water partition coefficient (Wildman–Crippen LogP) is 1.59. The van der Waals surface area contributed by atoms with Crippen LogP contribution in [0.15, 0.2) is 24.3 Å². The van der Waals surface area contributed by atoms with Gasteiger partial charge in [0.2, 0.25) is 0 Å². The Bertz CT molecular complexity index is 411. The van der Waals surface area contributed by atoms with Gasteiger partial charge < -0.3 is 18.9 Å². The number of epoxide rings is 1. The summed E-state index contributed by atoms with van der Waals surface area (Å²) in [6.07, 6.45) is 1.30. The summed E-state index contributed by atoms with van der Waals surface area (Å²) in [5.74, 6) is 0.625. The van der Waals surface area contributed by atoms with Gasteiger partial charge in [0.05, 0.1) is 13.2 Å². The molecule has 0 amide bonds. The molecule has 2 rings (SSSR count). The maximum atomic E-state index is 11.4. The van der Waals surface area contributed by atoms with Crippen molar-refractivity contribution in [3.05, 3.63) is 29.8 Å². The van der Waals surface area contributed by atoms with Gasteiger partial charge in [-0.2, -0.15) is 0 Å². The first kappa shape index (κ1) is 14.8. The largest absolute Gasteiger partial charge is 0.491 e. The Morgan fingerprint density at radius 3 is 2.70 bits per heavy atom. The number of hydrogen-bond donors (Lipinski definition) is 0. The summed E-state index contributed by atoms with van der Waals surface area (Å²) in [7, 11) is 1.58. The molecule has 110 valence electrons. The van der Waals surface area contributed by atoms with Crippen LogP contribution >= 0.6 is 0 Å². The molecular weight excluding hydrogens is 260 g/mol. The fourth-order valence-electron chi connectivity index (χ4n) is 1.66. The third-order valence-corrected chi connectivity index (χ3v) is 2.93. The molecule has 0 saturated carbocycles. The molecule has 1 unspecified atom stereocenters. The number of ether oxygens (including phenoxy) is 4. The van der Waals surface area contributed by atoms with Crippen molar-refractivity contribution < 1.29 is 23.7 Å².